The van der Waals surface area contributed by atoms with Crippen molar-refractivity contribution >= 4 is 0 Å². The third-order valence-electron chi connectivity index (χ3n) is 3.28. The Balaban J connectivity index is 2.80. The fraction of sp³-hybridized carbons (Fsp3) is 0.900. The number of rotatable bonds is 4. The Bertz CT molecular complexity index is 217. The van der Waals surface area contributed by atoms with Crippen LogP contribution in [0.4, 0.5) is 0 Å². The van der Waals surface area contributed by atoms with E-state index in [1.807, 2.05) is 6.92 Å². The number of hydrogen-bond acceptors (Lipinski definition) is 3. The number of ether oxygens (including phenoxy) is 1. The zero-order valence-electron chi connectivity index (χ0n) is 8.34. The van der Waals surface area contributed by atoms with E-state index < -0.39 is 11.0 Å². The lowest BCUT2D eigenvalue weighted by Gasteiger charge is -2.47. The lowest BCUT2D eigenvalue weighted by atomic mass is 9.59. The molecule has 0 saturated heterocycles. The summed E-state index contributed by atoms with van der Waals surface area (Å²) in [6, 6.07) is 2.26. The number of hydrogen-bond donors (Lipinski definition) is 1. The summed E-state index contributed by atoms with van der Waals surface area (Å²) in [5.41, 5.74) is -1.49. The van der Waals surface area contributed by atoms with Gasteiger partial charge in [0.1, 0.15) is 5.60 Å². The van der Waals surface area contributed by atoms with Crippen LogP contribution in [0, 0.1) is 16.7 Å². The van der Waals surface area contributed by atoms with Gasteiger partial charge in [-0.2, -0.15) is 5.26 Å². The highest BCUT2D eigenvalue weighted by molar-refractivity contribution is 5.15. The van der Waals surface area contributed by atoms with E-state index >= 15 is 0 Å². The molecule has 3 nitrogen and oxygen atoms in total. The first kappa shape index (κ1) is 10.5. The normalized spacial score (nSPS) is 24.2. The minimum atomic E-state index is -0.950. The molecule has 0 amide bonds. The maximum atomic E-state index is 10.2. The van der Waals surface area contributed by atoms with Crippen molar-refractivity contribution in [3.63, 3.8) is 0 Å². The van der Waals surface area contributed by atoms with Crippen LogP contribution < -0.4 is 0 Å². The second kappa shape index (κ2) is 3.65. The molecule has 0 aromatic rings. The summed E-state index contributed by atoms with van der Waals surface area (Å²) >= 11 is 0. The molecule has 1 fully saturated rings. The van der Waals surface area contributed by atoms with Crippen LogP contribution >= 0.6 is 0 Å². The van der Waals surface area contributed by atoms with Crippen molar-refractivity contribution in [3.05, 3.63) is 0 Å². The van der Waals surface area contributed by atoms with E-state index in [1.165, 1.54) is 0 Å². The maximum Gasteiger partial charge on any atom is 0.106 e. The fourth-order valence-electron chi connectivity index (χ4n) is 2.03. The molecular weight excluding hydrogens is 166 g/mol. The van der Waals surface area contributed by atoms with E-state index in [0.29, 0.717) is 6.42 Å². The average molecular weight is 183 g/mol. The molecule has 1 aliphatic carbocycles. The molecule has 1 saturated carbocycles. The van der Waals surface area contributed by atoms with E-state index in [9.17, 15) is 5.11 Å². The van der Waals surface area contributed by atoms with Gasteiger partial charge in [0, 0.05) is 7.11 Å². The topological polar surface area (TPSA) is 53.2 Å². The first-order valence-corrected chi connectivity index (χ1v) is 4.77. The minimum Gasteiger partial charge on any atom is -0.386 e. The third-order valence-corrected chi connectivity index (χ3v) is 3.28. The monoisotopic (exact) mass is 183 g/mol. The number of methoxy groups -OCH3 is 1. The number of aliphatic hydroxyl groups is 1. The van der Waals surface area contributed by atoms with Gasteiger partial charge in [-0.3, -0.25) is 0 Å². The summed E-state index contributed by atoms with van der Waals surface area (Å²) < 4.78 is 4.98. The van der Waals surface area contributed by atoms with E-state index in [1.54, 1.807) is 7.11 Å². The average Bonchev–Trinajstić information content (AvgIpc) is 2.04. The molecule has 0 spiro atoms. The van der Waals surface area contributed by atoms with Gasteiger partial charge >= 0.3 is 0 Å². The zero-order chi connectivity index (χ0) is 9.95. The van der Waals surface area contributed by atoms with Crippen LogP contribution in [0.3, 0.4) is 0 Å². The molecule has 1 N–H and O–H groups in total. The largest absolute Gasteiger partial charge is 0.386 e. The Morgan fingerprint density at radius 2 is 2.23 bits per heavy atom. The van der Waals surface area contributed by atoms with Crippen LogP contribution in [-0.2, 0) is 4.74 Å². The highest BCUT2D eigenvalue weighted by Gasteiger charge is 2.53. The lowest BCUT2D eigenvalue weighted by Crippen LogP contribution is -2.54. The Morgan fingerprint density at radius 1 is 1.62 bits per heavy atom. The SMILES string of the molecule is CCC(O)(COC)C1(C#N)CCC1. The molecule has 1 aliphatic rings. The van der Waals surface area contributed by atoms with E-state index in [2.05, 4.69) is 6.07 Å². The summed E-state index contributed by atoms with van der Waals surface area (Å²) in [6.45, 7) is 2.16. The maximum absolute atomic E-state index is 10.2. The molecular formula is C10H17NO2. The van der Waals surface area contributed by atoms with Crippen LogP contribution in [-0.4, -0.2) is 24.4 Å². The molecule has 1 unspecified atom stereocenters. The number of nitrogens with zero attached hydrogens (tertiary/aromatic N) is 1. The summed E-state index contributed by atoms with van der Waals surface area (Å²) in [5, 5.41) is 19.3. The zero-order valence-corrected chi connectivity index (χ0v) is 8.34. The van der Waals surface area contributed by atoms with Gasteiger partial charge < -0.3 is 9.84 Å². The van der Waals surface area contributed by atoms with Gasteiger partial charge in [0.25, 0.3) is 0 Å². The van der Waals surface area contributed by atoms with Gasteiger partial charge in [-0.15, -0.1) is 0 Å². The van der Waals surface area contributed by atoms with E-state index in [0.717, 1.165) is 19.3 Å². The predicted octanol–water partition coefficient (Wildman–Crippen LogP) is 1.47. The highest BCUT2D eigenvalue weighted by Crippen LogP contribution is 2.50. The van der Waals surface area contributed by atoms with E-state index in [4.69, 9.17) is 10.00 Å². The smallest absolute Gasteiger partial charge is 0.106 e. The molecule has 0 heterocycles. The van der Waals surface area contributed by atoms with Crippen LogP contribution in [0.5, 0.6) is 0 Å². The highest BCUT2D eigenvalue weighted by atomic mass is 16.5. The third kappa shape index (κ3) is 1.45. The fourth-order valence-corrected chi connectivity index (χ4v) is 2.03. The van der Waals surface area contributed by atoms with Gasteiger partial charge in [-0.1, -0.05) is 13.3 Å². The Kier molecular flexibility index (Phi) is 2.94. The van der Waals surface area contributed by atoms with Crippen molar-refractivity contribution in [1.29, 1.82) is 5.26 Å². The van der Waals surface area contributed by atoms with Crippen molar-refractivity contribution in [1.82, 2.24) is 0 Å². The van der Waals surface area contributed by atoms with Crippen molar-refractivity contribution in [2.24, 2.45) is 5.41 Å². The molecule has 13 heavy (non-hydrogen) atoms. The van der Waals surface area contributed by atoms with Crippen molar-refractivity contribution < 1.29 is 9.84 Å². The standard InChI is InChI=1S/C10H17NO2/c1-3-10(12,8-13-2)9(7-11)5-4-6-9/h12H,3-6,8H2,1-2H3. The Hall–Kier alpha value is -0.590. The first-order valence-electron chi connectivity index (χ1n) is 4.77. The van der Waals surface area contributed by atoms with Gasteiger partial charge in [-0.25, -0.2) is 0 Å². The Labute approximate surface area is 79.3 Å². The van der Waals surface area contributed by atoms with Crippen molar-refractivity contribution in [3.8, 4) is 6.07 Å². The molecule has 0 radical (unpaired) electrons. The molecule has 1 atom stereocenters. The van der Waals surface area contributed by atoms with Crippen LogP contribution in [0.15, 0.2) is 0 Å². The second-order valence-corrected chi connectivity index (χ2v) is 3.87. The quantitative estimate of drug-likeness (QED) is 0.718. The molecule has 1 rings (SSSR count). The molecule has 0 bridgehead atoms. The van der Waals surface area contributed by atoms with Crippen molar-refractivity contribution in [2.45, 2.75) is 38.2 Å². The van der Waals surface area contributed by atoms with Crippen molar-refractivity contribution in [2.75, 3.05) is 13.7 Å². The minimum absolute atomic E-state index is 0.261. The van der Waals surface area contributed by atoms with Gasteiger partial charge in [0.05, 0.1) is 18.1 Å². The summed E-state index contributed by atoms with van der Waals surface area (Å²) in [7, 11) is 1.56. The second-order valence-electron chi connectivity index (χ2n) is 3.87. The van der Waals surface area contributed by atoms with Gasteiger partial charge in [0.2, 0.25) is 0 Å². The van der Waals surface area contributed by atoms with Crippen LogP contribution in [0.1, 0.15) is 32.6 Å². The lowest BCUT2D eigenvalue weighted by molar-refractivity contribution is -0.133. The first-order chi connectivity index (χ1) is 6.14. The summed E-state index contributed by atoms with van der Waals surface area (Å²) in [6.07, 6.45) is 3.22. The molecule has 74 valence electrons. The molecule has 0 aromatic carbocycles. The predicted molar refractivity (Wildman–Crippen MR) is 49.0 cm³/mol. The molecule has 3 heteroatoms. The molecule has 0 aliphatic heterocycles. The summed E-state index contributed by atoms with van der Waals surface area (Å²) in [5.74, 6) is 0. The molecule has 0 aromatic heterocycles. The van der Waals surface area contributed by atoms with Gasteiger partial charge in [-0.05, 0) is 19.3 Å². The number of nitriles is 1. The van der Waals surface area contributed by atoms with Crippen LogP contribution in [0.2, 0.25) is 0 Å². The Morgan fingerprint density at radius 3 is 2.46 bits per heavy atom. The van der Waals surface area contributed by atoms with E-state index in [-0.39, 0.29) is 6.61 Å². The summed E-state index contributed by atoms with van der Waals surface area (Å²) in [4.78, 5) is 0. The van der Waals surface area contributed by atoms with Crippen LogP contribution in [0.25, 0.3) is 0 Å². The van der Waals surface area contributed by atoms with Gasteiger partial charge in [0.15, 0.2) is 0 Å².